The molecule has 2 aliphatic rings. The molecule has 7 heteroatoms. The van der Waals surface area contributed by atoms with Gasteiger partial charge in [-0.3, -0.25) is 0 Å². The van der Waals surface area contributed by atoms with Crippen LogP contribution in [-0.4, -0.2) is 35.8 Å². The highest BCUT2D eigenvalue weighted by molar-refractivity contribution is 7.87. The van der Waals surface area contributed by atoms with Crippen molar-refractivity contribution in [3.05, 3.63) is 22.8 Å². The number of aromatic nitrogens is 2. The standard InChI is InChI=1S/C15H24N4O2S/c1-12-13-7-3-4-8-14(13)18-15(17-12)11-16-22(20,21)19-9-5-2-6-10-19/h16H,2-11H2,1H3. The first-order valence-electron chi connectivity index (χ1n) is 8.16. The van der Waals surface area contributed by atoms with Crippen LogP contribution in [0.5, 0.6) is 0 Å². The number of fused-ring (bicyclic) bond motifs is 1. The van der Waals surface area contributed by atoms with Crippen LogP contribution in [0.3, 0.4) is 0 Å². The summed E-state index contributed by atoms with van der Waals surface area (Å²) in [5, 5.41) is 0. The predicted octanol–water partition coefficient (Wildman–Crippen LogP) is 1.48. The van der Waals surface area contributed by atoms with E-state index in [-0.39, 0.29) is 6.54 Å². The first-order chi connectivity index (χ1) is 10.6. The second-order valence-corrected chi connectivity index (χ2v) is 7.90. The topological polar surface area (TPSA) is 75.2 Å². The summed E-state index contributed by atoms with van der Waals surface area (Å²) in [5.41, 5.74) is 3.36. The molecule has 0 atom stereocenters. The van der Waals surface area contributed by atoms with Gasteiger partial charge in [0.1, 0.15) is 5.82 Å². The molecule has 0 radical (unpaired) electrons. The highest BCUT2D eigenvalue weighted by Gasteiger charge is 2.24. The Hall–Kier alpha value is -1.05. The van der Waals surface area contributed by atoms with Gasteiger partial charge in [0.2, 0.25) is 0 Å². The van der Waals surface area contributed by atoms with E-state index in [0.717, 1.165) is 49.9 Å². The number of nitrogens with zero attached hydrogens (tertiary/aromatic N) is 3. The number of aryl methyl sites for hydroxylation is 2. The van der Waals surface area contributed by atoms with Gasteiger partial charge in [-0.2, -0.15) is 17.4 Å². The van der Waals surface area contributed by atoms with Crippen molar-refractivity contribution in [2.24, 2.45) is 0 Å². The highest BCUT2D eigenvalue weighted by Crippen LogP contribution is 2.21. The van der Waals surface area contributed by atoms with Crippen molar-refractivity contribution in [3.8, 4) is 0 Å². The van der Waals surface area contributed by atoms with Crippen LogP contribution >= 0.6 is 0 Å². The van der Waals surface area contributed by atoms with Gasteiger partial charge < -0.3 is 0 Å². The van der Waals surface area contributed by atoms with E-state index in [2.05, 4.69) is 14.7 Å². The fraction of sp³-hybridized carbons (Fsp3) is 0.733. The number of piperidine rings is 1. The van der Waals surface area contributed by atoms with E-state index in [0.29, 0.717) is 18.9 Å². The Morgan fingerprint density at radius 3 is 2.55 bits per heavy atom. The Kier molecular flexibility index (Phi) is 4.75. The van der Waals surface area contributed by atoms with Crippen molar-refractivity contribution in [2.45, 2.75) is 58.4 Å². The average molecular weight is 324 g/mol. The molecule has 3 rings (SSSR count). The fourth-order valence-corrected chi connectivity index (χ4v) is 4.51. The predicted molar refractivity (Wildman–Crippen MR) is 84.6 cm³/mol. The molecule has 0 unspecified atom stereocenters. The minimum atomic E-state index is -3.41. The van der Waals surface area contributed by atoms with Crippen LogP contribution in [-0.2, 0) is 29.6 Å². The summed E-state index contributed by atoms with van der Waals surface area (Å²) in [6.45, 7) is 3.39. The maximum absolute atomic E-state index is 12.3. The van der Waals surface area contributed by atoms with Gasteiger partial charge in [-0.1, -0.05) is 6.42 Å². The van der Waals surface area contributed by atoms with E-state index >= 15 is 0 Å². The van der Waals surface area contributed by atoms with Gasteiger partial charge in [0.15, 0.2) is 0 Å². The Labute approximate surface area is 132 Å². The molecule has 0 amide bonds. The minimum Gasteiger partial charge on any atom is -0.237 e. The summed E-state index contributed by atoms with van der Waals surface area (Å²) in [6, 6.07) is 0. The quantitative estimate of drug-likeness (QED) is 0.910. The first kappa shape index (κ1) is 15.8. The second-order valence-electron chi connectivity index (χ2n) is 6.14. The molecular formula is C15H24N4O2S. The van der Waals surface area contributed by atoms with E-state index < -0.39 is 10.2 Å². The van der Waals surface area contributed by atoms with Gasteiger partial charge in [-0.05, 0) is 51.0 Å². The van der Waals surface area contributed by atoms with Crippen molar-refractivity contribution in [2.75, 3.05) is 13.1 Å². The molecule has 1 fully saturated rings. The molecule has 6 nitrogen and oxygen atoms in total. The number of rotatable bonds is 4. The van der Waals surface area contributed by atoms with E-state index in [4.69, 9.17) is 0 Å². The lowest BCUT2D eigenvalue weighted by molar-refractivity contribution is 0.341. The van der Waals surface area contributed by atoms with Crippen LogP contribution in [0.15, 0.2) is 0 Å². The summed E-state index contributed by atoms with van der Waals surface area (Å²) in [7, 11) is -3.41. The molecule has 0 spiro atoms. The third-order valence-corrected chi connectivity index (χ3v) is 6.06. The normalized spacial score (nSPS) is 19.9. The molecule has 22 heavy (non-hydrogen) atoms. The first-order valence-corrected chi connectivity index (χ1v) is 9.60. The Balaban J connectivity index is 1.69. The van der Waals surface area contributed by atoms with E-state index in [1.165, 1.54) is 16.3 Å². The van der Waals surface area contributed by atoms with E-state index in [1.807, 2.05) is 6.92 Å². The average Bonchev–Trinajstić information content (AvgIpc) is 2.54. The van der Waals surface area contributed by atoms with Gasteiger partial charge in [-0.15, -0.1) is 0 Å². The summed E-state index contributed by atoms with van der Waals surface area (Å²) >= 11 is 0. The third kappa shape index (κ3) is 3.47. The highest BCUT2D eigenvalue weighted by atomic mass is 32.2. The van der Waals surface area contributed by atoms with Crippen molar-refractivity contribution in [1.82, 2.24) is 19.0 Å². The van der Waals surface area contributed by atoms with Crippen LogP contribution in [0, 0.1) is 6.92 Å². The van der Waals surface area contributed by atoms with Crippen LogP contribution in [0.1, 0.15) is 54.9 Å². The van der Waals surface area contributed by atoms with E-state index in [1.54, 1.807) is 0 Å². The molecule has 1 aliphatic heterocycles. The summed E-state index contributed by atoms with van der Waals surface area (Å²) in [4.78, 5) is 9.04. The zero-order chi connectivity index (χ0) is 15.6. The molecule has 0 bridgehead atoms. The third-order valence-electron chi connectivity index (χ3n) is 4.50. The van der Waals surface area contributed by atoms with Gasteiger partial charge >= 0.3 is 0 Å². The molecular weight excluding hydrogens is 300 g/mol. The number of hydrogen-bond acceptors (Lipinski definition) is 4. The number of hydrogen-bond donors (Lipinski definition) is 1. The van der Waals surface area contributed by atoms with Gasteiger partial charge in [-0.25, -0.2) is 9.97 Å². The molecule has 1 saturated heterocycles. The fourth-order valence-electron chi connectivity index (χ4n) is 3.28. The molecule has 122 valence electrons. The zero-order valence-corrected chi connectivity index (χ0v) is 14.0. The Morgan fingerprint density at radius 2 is 1.77 bits per heavy atom. The van der Waals surface area contributed by atoms with Crippen molar-refractivity contribution >= 4 is 10.2 Å². The maximum Gasteiger partial charge on any atom is 0.279 e. The van der Waals surface area contributed by atoms with Crippen molar-refractivity contribution < 1.29 is 8.42 Å². The largest absolute Gasteiger partial charge is 0.279 e. The SMILES string of the molecule is Cc1nc(CNS(=O)(=O)N2CCCCC2)nc2c1CCCC2. The van der Waals surface area contributed by atoms with Gasteiger partial charge in [0, 0.05) is 24.5 Å². The van der Waals surface area contributed by atoms with Gasteiger partial charge in [0.25, 0.3) is 10.2 Å². The van der Waals surface area contributed by atoms with E-state index in [9.17, 15) is 8.42 Å². The number of nitrogens with one attached hydrogen (secondary N) is 1. The van der Waals surface area contributed by atoms with Crippen molar-refractivity contribution in [3.63, 3.8) is 0 Å². The van der Waals surface area contributed by atoms with Crippen LogP contribution in [0.4, 0.5) is 0 Å². The maximum atomic E-state index is 12.3. The Bertz CT molecular complexity index is 639. The smallest absolute Gasteiger partial charge is 0.237 e. The van der Waals surface area contributed by atoms with Crippen molar-refractivity contribution in [1.29, 1.82) is 0 Å². The molecule has 0 saturated carbocycles. The molecule has 1 aromatic rings. The Morgan fingerprint density at radius 1 is 1.05 bits per heavy atom. The summed E-state index contributed by atoms with van der Waals surface area (Å²) in [5.74, 6) is 0.582. The van der Waals surface area contributed by atoms with Crippen LogP contribution < -0.4 is 4.72 Å². The lowest BCUT2D eigenvalue weighted by Crippen LogP contribution is -2.43. The zero-order valence-electron chi connectivity index (χ0n) is 13.1. The monoisotopic (exact) mass is 324 g/mol. The molecule has 2 heterocycles. The molecule has 1 aliphatic carbocycles. The summed E-state index contributed by atoms with van der Waals surface area (Å²) < 4.78 is 28.8. The second kappa shape index (κ2) is 6.60. The van der Waals surface area contributed by atoms with Gasteiger partial charge in [0.05, 0.1) is 6.54 Å². The summed E-state index contributed by atoms with van der Waals surface area (Å²) in [6.07, 6.45) is 7.36. The lowest BCUT2D eigenvalue weighted by Gasteiger charge is -2.26. The van der Waals surface area contributed by atoms with Crippen LogP contribution in [0.2, 0.25) is 0 Å². The molecule has 0 aromatic carbocycles. The lowest BCUT2D eigenvalue weighted by atomic mass is 9.95. The minimum absolute atomic E-state index is 0.174. The molecule has 1 aromatic heterocycles. The van der Waals surface area contributed by atoms with Crippen LogP contribution in [0.25, 0.3) is 0 Å². The molecule has 1 N–H and O–H groups in total.